The summed E-state index contributed by atoms with van der Waals surface area (Å²) in [6, 6.07) is 5.34. The van der Waals surface area contributed by atoms with Crippen molar-refractivity contribution in [1.29, 1.82) is 0 Å². The monoisotopic (exact) mass is 424 g/mol. The summed E-state index contributed by atoms with van der Waals surface area (Å²) in [7, 11) is 0. The molecular formula is C21H26ClFN2O2S. The van der Waals surface area contributed by atoms with Gasteiger partial charge in [-0.2, -0.15) is 0 Å². The lowest BCUT2D eigenvalue weighted by Gasteiger charge is -2.33. The van der Waals surface area contributed by atoms with Gasteiger partial charge in [0.15, 0.2) is 0 Å². The van der Waals surface area contributed by atoms with Gasteiger partial charge in [0.25, 0.3) is 11.8 Å². The van der Waals surface area contributed by atoms with Gasteiger partial charge in [0.2, 0.25) is 0 Å². The van der Waals surface area contributed by atoms with Gasteiger partial charge in [-0.15, -0.1) is 11.3 Å². The Morgan fingerprint density at radius 2 is 1.75 bits per heavy atom. The van der Waals surface area contributed by atoms with Crippen LogP contribution in [-0.4, -0.2) is 17.4 Å². The van der Waals surface area contributed by atoms with Crippen LogP contribution >= 0.6 is 22.9 Å². The molecule has 0 atom stereocenters. The van der Waals surface area contributed by atoms with Crippen molar-refractivity contribution < 1.29 is 14.0 Å². The van der Waals surface area contributed by atoms with Gasteiger partial charge in [-0.25, -0.2) is 4.39 Å². The summed E-state index contributed by atoms with van der Waals surface area (Å²) in [6.45, 7) is 12.2. The molecule has 0 bridgehead atoms. The lowest BCUT2D eigenvalue weighted by molar-refractivity contribution is 0.0894. The number of benzene rings is 1. The second-order valence-corrected chi connectivity index (χ2v) is 10.2. The lowest BCUT2D eigenvalue weighted by atomic mass is 9.82. The first-order chi connectivity index (χ1) is 12.8. The van der Waals surface area contributed by atoms with Gasteiger partial charge in [0.05, 0.1) is 20.5 Å². The van der Waals surface area contributed by atoms with Crippen molar-refractivity contribution in [3.63, 3.8) is 0 Å². The molecule has 2 N–H and O–H groups in total. The van der Waals surface area contributed by atoms with Gasteiger partial charge in [0.1, 0.15) is 5.82 Å². The van der Waals surface area contributed by atoms with Crippen molar-refractivity contribution in [2.45, 2.75) is 53.5 Å². The standard InChI is InChI=1S/C21H26ClFN2O2S/c1-12-9-16(24-18(26)14-8-7-13(23)10-15(14)22)28-17(12)19(27)25-21(5,6)11-20(2,3)4/h7-10H,11H2,1-6H3,(H,24,26)(H,25,27). The molecule has 152 valence electrons. The topological polar surface area (TPSA) is 58.2 Å². The van der Waals surface area contributed by atoms with Crippen LogP contribution in [0.1, 0.15) is 66.6 Å². The highest BCUT2D eigenvalue weighted by Crippen LogP contribution is 2.30. The Hall–Kier alpha value is -1.92. The number of aryl methyl sites for hydroxylation is 1. The number of halogens is 2. The fraction of sp³-hybridized carbons (Fsp3) is 0.429. The predicted molar refractivity (Wildman–Crippen MR) is 114 cm³/mol. The predicted octanol–water partition coefficient (Wildman–Crippen LogP) is 6.05. The van der Waals surface area contributed by atoms with Crippen molar-refractivity contribution >= 4 is 39.8 Å². The molecule has 2 amide bonds. The molecule has 0 spiro atoms. The fourth-order valence-corrected chi connectivity index (χ4v) is 4.57. The van der Waals surface area contributed by atoms with E-state index < -0.39 is 11.7 Å². The summed E-state index contributed by atoms with van der Waals surface area (Å²) in [5, 5.41) is 6.37. The second-order valence-electron chi connectivity index (χ2n) is 8.78. The SMILES string of the molecule is Cc1cc(NC(=O)c2ccc(F)cc2Cl)sc1C(=O)NC(C)(C)CC(C)(C)C. The highest BCUT2D eigenvalue weighted by atomic mass is 35.5. The molecule has 0 saturated heterocycles. The summed E-state index contributed by atoms with van der Waals surface area (Å²) < 4.78 is 13.2. The van der Waals surface area contributed by atoms with Gasteiger partial charge in [-0.1, -0.05) is 32.4 Å². The smallest absolute Gasteiger partial charge is 0.262 e. The molecule has 0 fully saturated rings. The molecule has 0 radical (unpaired) electrons. The first kappa shape index (κ1) is 22.4. The van der Waals surface area contributed by atoms with Gasteiger partial charge < -0.3 is 10.6 Å². The molecule has 0 aliphatic rings. The lowest BCUT2D eigenvalue weighted by Crippen LogP contribution is -2.45. The van der Waals surface area contributed by atoms with E-state index in [-0.39, 0.29) is 27.4 Å². The molecule has 0 aliphatic heterocycles. The van der Waals surface area contributed by atoms with E-state index in [1.54, 1.807) is 6.07 Å². The Kier molecular flexibility index (Phi) is 6.56. The van der Waals surface area contributed by atoms with Gasteiger partial charge in [0, 0.05) is 5.54 Å². The van der Waals surface area contributed by atoms with E-state index in [2.05, 4.69) is 31.4 Å². The first-order valence-corrected chi connectivity index (χ1v) is 10.2. The molecule has 4 nitrogen and oxygen atoms in total. The van der Waals surface area contributed by atoms with Crippen LogP contribution in [0.15, 0.2) is 24.3 Å². The summed E-state index contributed by atoms with van der Waals surface area (Å²) >= 11 is 7.14. The fourth-order valence-electron chi connectivity index (χ4n) is 3.36. The average molecular weight is 425 g/mol. The average Bonchev–Trinajstić information content (AvgIpc) is 2.84. The number of thiophene rings is 1. The van der Waals surface area contributed by atoms with E-state index in [1.165, 1.54) is 23.5 Å². The van der Waals surface area contributed by atoms with Gasteiger partial charge >= 0.3 is 0 Å². The third kappa shape index (κ3) is 6.04. The summed E-state index contributed by atoms with van der Waals surface area (Å²) in [5.41, 5.74) is 0.659. The maximum absolute atomic E-state index is 13.2. The summed E-state index contributed by atoms with van der Waals surface area (Å²) in [5.74, 6) is -1.13. The van der Waals surface area contributed by atoms with Crippen LogP contribution in [0.5, 0.6) is 0 Å². The Labute approximate surface area is 174 Å². The number of amides is 2. The van der Waals surface area contributed by atoms with Crippen LogP contribution < -0.4 is 10.6 Å². The Bertz CT molecular complexity index is 900. The van der Waals surface area contributed by atoms with Crippen LogP contribution in [0.2, 0.25) is 5.02 Å². The molecule has 0 saturated carbocycles. The molecule has 0 aliphatic carbocycles. The molecule has 0 unspecified atom stereocenters. The normalized spacial score (nSPS) is 12.0. The van der Waals surface area contributed by atoms with Crippen LogP contribution in [-0.2, 0) is 0 Å². The summed E-state index contributed by atoms with van der Waals surface area (Å²) in [4.78, 5) is 25.7. The highest BCUT2D eigenvalue weighted by molar-refractivity contribution is 7.18. The van der Waals surface area contributed by atoms with E-state index in [4.69, 9.17) is 11.6 Å². The maximum atomic E-state index is 13.2. The highest BCUT2D eigenvalue weighted by Gasteiger charge is 2.28. The van der Waals surface area contributed by atoms with Crippen LogP contribution in [0.25, 0.3) is 0 Å². The van der Waals surface area contributed by atoms with Crippen LogP contribution in [0, 0.1) is 18.2 Å². The number of anilines is 1. The Morgan fingerprint density at radius 3 is 2.32 bits per heavy atom. The number of carbonyl (C=O) groups excluding carboxylic acids is 2. The van der Waals surface area contributed by atoms with Crippen molar-refractivity contribution in [2.75, 3.05) is 5.32 Å². The van der Waals surface area contributed by atoms with Crippen molar-refractivity contribution in [3.8, 4) is 0 Å². The third-order valence-corrected chi connectivity index (χ3v) is 5.42. The quantitative estimate of drug-likeness (QED) is 0.614. The Balaban J connectivity index is 2.14. The number of carbonyl (C=O) groups is 2. The van der Waals surface area contributed by atoms with E-state index in [1.807, 2.05) is 20.8 Å². The Morgan fingerprint density at radius 1 is 1.11 bits per heavy atom. The molecular weight excluding hydrogens is 399 g/mol. The zero-order valence-corrected chi connectivity index (χ0v) is 18.6. The first-order valence-electron chi connectivity index (χ1n) is 8.97. The number of hydrogen-bond acceptors (Lipinski definition) is 3. The number of rotatable bonds is 5. The van der Waals surface area contributed by atoms with E-state index in [0.29, 0.717) is 9.88 Å². The molecule has 1 aromatic heterocycles. The maximum Gasteiger partial charge on any atom is 0.262 e. The zero-order valence-electron chi connectivity index (χ0n) is 17.0. The molecule has 2 aromatic rings. The molecule has 2 rings (SSSR count). The van der Waals surface area contributed by atoms with E-state index >= 15 is 0 Å². The zero-order chi connectivity index (χ0) is 21.3. The van der Waals surface area contributed by atoms with Gasteiger partial charge in [-0.05, 0) is 62.4 Å². The summed E-state index contributed by atoms with van der Waals surface area (Å²) in [6.07, 6.45) is 0.822. The third-order valence-electron chi connectivity index (χ3n) is 3.96. The van der Waals surface area contributed by atoms with Crippen molar-refractivity contribution in [1.82, 2.24) is 5.32 Å². The van der Waals surface area contributed by atoms with Crippen LogP contribution in [0.3, 0.4) is 0 Å². The molecule has 1 heterocycles. The van der Waals surface area contributed by atoms with E-state index in [0.717, 1.165) is 18.1 Å². The van der Waals surface area contributed by atoms with Crippen LogP contribution in [0.4, 0.5) is 9.39 Å². The molecule has 7 heteroatoms. The minimum Gasteiger partial charge on any atom is -0.346 e. The van der Waals surface area contributed by atoms with Crippen molar-refractivity contribution in [2.24, 2.45) is 5.41 Å². The van der Waals surface area contributed by atoms with Crippen molar-refractivity contribution in [3.05, 3.63) is 51.1 Å². The molecule has 28 heavy (non-hydrogen) atoms. The number of nitrogens with one attached hydrogen (secondary N) is 2. The second kappa shape index (κ2) is 8.21. The van der Waals surface area contributed by atoms with E-state index in [9.17, 15) is 14.0 Å². The minimum absolute atomic E-state index is 0.0349. The largest absolute Gasteiger partial charge is 0.346 e. The van der Waals surface area contributed by atoms with Gasteiger partial charge in [-0.3, -0.25) is 9.59 Å². The minimum atomic E-state index is -0.509. The number of hydrogen-bond donors (Lipinski definition) is 2. The molecule has 1 aromatic carbocycles.